The summed E-state index contributed by atoms with van der Waals surface area (Å²) >= 11 is 0. The van der Waals surface area contributed by atoms with Crippen molar-refractivity contribution in [3.05, 3.63) is 59.7 Å². The summed E-state index contributed by atoms with van der Waals surface area (Å²) in [5.41, 5.74) is 1.32. The molecule has 0 N–H and O–H groups in total. The second-order valence-corrected chi connectivity index (χ2v) is 5.49. The Hall–Kier alpha value is -3.01. The average molecular weight is 328 g/mol. The van der Waals surface area contributed by atoms with Crippen LogP contribution < -0.4 is 0 Å². The molecule has 1 aliphatic rings. The Morgan fingerprint density at radius 3 is 2.38 bits per heavy atom. The van der Waals surface area contributed by atoms with Gasteiger partial charge < -0.3 is 4.90 Å². The fraction of sp³-hybridized carbons (Fsp3) is 0.235. The molecule has 0 saturated carbocycles. The van der Waals surface area contributed by atoms with Crippen molar-refractivity contribution in [3.63, 3.8) is 0 Å². The van der Waals surface area contributed by atoms with Crippen LogP contribution in [-0.2, 0) is 0 Å². The van der Waals surface area contributed by atoms with Crippen LogP contribution in [0.4, 0.5) is 13.6 Å². The van der Waals surface area contributed by atoms with Crippen molar-refractivity contribution < 1.29 is 13.6 Å². The lowest BCUT2D eigenvalue weighted by atomic mass is 9.94. The number of carbonyl (C=O) groups is 1. The van der Waals surface area contributed by atoms with Crippen molar-refractivity contribution in [2.45, 2.75) is 12.8 Å². The molecule has 1 aromatic carbocycles. The van der Waals surface area contributed by atoms with Crippen molar-refractivity contribution in [1.29, 1.82) is 5.26 Å². The van der Waals surface area contributed by atoms with E-state index in [1.165, 1.54) is 17.1 Å². The maximum Gasteiger partial charge on any atom is 0.329 e. The largest absolute Gasteiger partial charge is 0.329 e. The second kappa shape index (κ2) is 6.62. The molecule has 122 valence electrons. The number of halogens is 2. The molecule has 1 amide bonds. The number of hydrogen-bond acceptors (Lipinski definition) is 3. The minimum atomic E-state index is -0.717. The highest BCUT2D eigenvalue weighted by atomic mass is 19.1. The minimum absolute atomic E-state index is 0.179. The Labute approximate surface area is 137 Å². The number of nitriles is 1. The molecular formula is C17H14F2N4O. The summed E-state index contributed by atoms with van der Waals surface area (Å²) in [6.45, 7) is 0.880. The van der Waals surface area contributed by atoms with Crippen molar-refractivity contribution in [2.24, 2.45) is 0 Å². The van der Waals surface area contributed by atoms with Crippen LogP contribution in [0.3, 0.4) is 0 Å². The zero-order valence-corrected chi connectivity index (χ0v) is 12.7. The van der Waals surface area contributed by atoms with Gasteiger partial charge in [0.05, 0.1) is 11.6 Å². The smallest absolute Gasteiger partial charge is 0.323 e. The van der Waals surface area contributed by atoms with Crippen LogP contribution >= 0.6 is 0 Å². The van der Waals surface area contributed by atoms with E-state index in [0.717, 1.165) is 23.8 Å². The molecule has 0 unspecified atom stereocenters. The van der Waals surface area contributed by atoms with E-state index < -0.39 is 11.6 Å². The Morgan fingerprint density at radius 1 is 1.17 bits per heavy atom. The van der Waals surface area contributed by atoms with Gasteiger partial charge in [-0.25, -0.2) is 18.6 Å². The molecule has 24 heavy (non-hydrogen) atoms. The molecular weight excluding hydrogens is 314 g/mol. The van der Waals surface area contributed by atoms with Crippen molar-refractivity contribution in [1.82, 2.24) is 14.5 Å². The lowest BCUT2D eigenvalue weighted by molar-refractivity contribution is 0.195. The molecule has 7 heteroatoms. The number of rotatable bonds is 1. The summed E-state index contributed by atoms with van der Waals surface area (Å²) in [6.07, 6.45) is 5.51. The number of hydrogen-bond donors (Lipinski definition) is 0. The van der Waals surface area contributed by atoms with Crippen LogP contribution in [0, 0.1) is 23.0 Å². The van der Waals surface area contributed by atoms with E-state index in [1.54, 1.807) is 11.1 Å². The zero-order valence-electron chi connectivity index (χ0n) is 12.7. The molecule has 5 nitrogen and oxygen atoms in total. The number of piperidine rings is 1. The highest BCUT2D eigenvalue weighted by Gasteiger charge is 2.22. The zero-order chi connectivity index (χ0) is 17.1. The first kappa shape index (κ1) is 15.9. The molecule has 0 radical (unpaired) electrons. The summed E-state index contributed by atoms with van der Waals surface area (Å²) in [7, 11) is 0. The van der Waals surface area contributed by atoms with Gasteiger partial charge in [0.15, 0.2) is 0 Å². The van der Waals surface area contributed by atoms with Crippen molar-refractivity contribution >= 4 is 11.6 Å². The lowest BCUT2D eigenvalue weighted by Crippen LogP contribution is -2.38. The molecule has 0 bridgehead atoms. The normalized spacial score (nSPS) is 14.4. The van der Waals surface area contributed by atoms with Gasteiger partial charge in [-0.2, -0.15) is 5.26 Å². The summed E-state index contributed by atoms with van der Waals surface area (Å²) < 4.78 is 28.2. The predicted octanol–water partition coefficient (Wildman–Crippen LogP) is 3.20. The summed E-state index contributed by atoms with van der Waals surface area (Å²) in [6, 6.07) is 4.94. The van der Waals surface area contributed by atoms with Gasteiger partial charge in [-0.15, -0.1) is 0 Å². The van der Waals surface area contributed by atoms with Gasteiger partial charge in [-0.1, -0.05) is 0 Å². The topological polar surface area (TPSA) is 61.9 Å². The number of benzene rings is 1. The Kier molecular flexibility index (Phi) is 4.38. The fourth-order valence-electron chi connectivity index (χ4n) is 2.80. The standard InChI is InChI=1S/C17H14F2N4O/c18-14-7-13(8-15(19)9-14)16(10-20)12-1-4-22(5-2-12)17(24)23-6-3-21-11-23/h3,6-9,11H,1-2,4-5H2. The van der Waals surface area contributed by atoms with Crippen LogP contribution in [0.2, 0.25) is 0 Å². The van der Waals surface area contributed by atoms with Gasteiger partial charge in [0, 0.05) is 31.5 Å². The third-order valence-corrected chi connectivity index (χ3v) is 3.98. The molecule has 0 spiro atoms. The molecule has 0 atom stereocenters. The Bertz CT molecular complexity index is 807. The first-order valence-electron chi connectivity index (χ1n) is 7.44. The molecule has 0 aliphatic carbocycles. The molecule has 1 aliphatic heterocycles. The van der Waals surface area contributed by atoms with Crippen molar-refractivity contribution in [3.8, 4) is 6.07 Å². The van der Waals surface area contributed by atoms with Gasteiger partial charge in [0.1, 0.15) is 18.0 Å². The lowest BCUT2D eigenvalue weighted by Gasteiger charge is -2.29. The van der Waals surface area contributed by atoms with Crippen molar-refractivity contribution in [2.75, 3.05) is 13.1 Å². The number of carbonyl (C=O) groups excluding carboxylic acids is 1. The van der Waals surface area contributed by atoms with Crippen LogP contribution in [0.25, 0.3) is 5.57 Å². The Balaban J connectivity index is 1.79. The van der Waals surface area contributed by atoms with Crippen LogP contribution in [0.15, 0.2) is 42.5 Å². The van der Waals surface area contributed by atoms with E-state index >= 15 is 0 Å². The molecule has 1 aromatic heterocycles. The predicted molar refractivity (Wildman–Crippen MR) is 82.7 cm³/mol. The Morgan fingerprint density at radius 2 is 1.83 bits per heavy atom. The maximum atomic E-state index is 13.4. The highest BCUT2D eigenvalue weighted by molar-refractivity contribution is 5.80. The van der Waals surface area contributed by atoms with E-state index in [4.69, 9.17) is 0 Å². The molecule has 3 rings (SSSR count). The molecule has 1 saturated heterocycles. The van der Waals surface area contributed by atoms with Gasteiger partial charge in [-0.05, 0) is 36.1 Å². The molecule has 2 heterocycles. The van der Waals surface area contributed by atoms with E-state index in [-0.39, 0.29) is 17.2 Å². The maximum absolute atomic E-state index is 13.4. The van der Waals surface area contributed by atoms with Gasteiger partial charge in [-0.3, -0.25) is 4.57 Å². The van der Waals surface area contributed by atoms with Crippen LogP contribution in [0.1, 0.15) is 18.4 Å². The molecule has 2 aromatic rings. The van der Waals surface area contributed by atoms with Crippen LogP contribution in [-0.4, -0.2) is 33.6 Å². The van der Waals surface area contributed by atoms with Gasteiger partial charge in [0.25, 0.3) is 0 Å². The van der Waals surface area contributed by atoms with Gasteiger partial charge >= 0.3 is 6.03 Å². The van der Waals surface area contributed by atoms with E-state index in [9.17, 15) is 18.8 Å². The number of nitrogens with zero attached hydrogens (tertiary/aromatic N) is 4. The number of imidazole rings is 1. The first-order chi connectivity index (χ1) is 11.6. The van der Waals surface area contributed by atoms with E-state index in [0.29, 0.717) is 25.9 Å². The number of likely N-dealkylation sites (tertiary alicyclic amines) is 1. The summed E-state index contributed by atoms with van der Waals surface area (Å²) in [5, 5.41) is 9.39. The third-order valence-electron chi connectivity index (χ3n) is 3.98. The second-order valence-electron chi connectivity index (χ2n) is 5.49. The summed E-state index contributed by atoms with van der Waals surface area (Å²) in [5.74, 6) is -1.43. The van der Waals surface area contributed by atoms with E-state index in [2.05, 4.69) is 4.98 Å². The first-order valence-corrected chi connectivity index (χ1v) is 7.44. The van der Waals surface area contributed by atoms with E-state index in [1.807, 2.05) is 6.07 Å². The van der Waals surface area contributed by atoms with Crippen LogP contribution in [0.5, 0.6) is 0 Å². The third kappa shape index (κ3) is 3.18. The minimum Gasteiger partial charge on any atom is -0.323 e. The highest BCUT2D eigenvalue weighted by Crippen LogP contribution is 2.27. The number of aromatic nitrogens is 2. The summed E-state index contributed by atoms with van der Waals surface area (Å²) in [4.78, 5) is 17.7. The number of amides is 1. The number of allylic oxidation sites excluding steroid dienone is 1. The fourth-order valence-corrected chi connectivity index (χ4v) is 2.80. The SMILES string of the molecule is N#CC(=C1CCN(C(=O)n2ccnc2)CC1)c1cc(F)cc(F)c1. The van der Waals surface area contributed by atoms with Gasteiger partial charge in [0.2, 0.25) is 0 Å². The molecule has 1 fully saturated rings. The average Bonchev–Trinajstić information content (AvgIpc) is 3.09. The monoisotopic (exact) mass is 328 g/mol. The quantitative estimate of drug-likeness (QED) is 0.755.